The number of ether oxygens (including phenoxy) is 2. The highest BCUT2D eigenvalue weighted by molar-refractivity contribution is 5.72. The average molecular weight is 525 g/mol. The van der Waals surface area contributed by atoms with E-state index in [4.69, 9.17) is 9.47 Å². The van der Waals surface area contributed by atoms with Crippen molar-refractivity contribution in [1.82, 2.24) is 0 Å². The fourth-order valence-corrected chi connectivity index (χ4v) is 5.07. The Labute approximate surface area is 233 Å². The first kappa shape index (κ1) is 31.9. The summed E-state index contributed by atoms with van der Waals surface area (Å²) in [4.78, 5) is 12.8. The quantitative estimate of drug-likeness (QED) is 0.0991. The van der Waals surface area contributed by atoms with E-state index >= 15 is 0 Å². The molecule has 2 unspecified atom stereocenters. The summed E-state index contributed by atoms with van der Waals surface area (Å²) in [6, 6.07) is 18.9. The Bertz CT molecular complexity index is 878. The van der Waals surface area contributed by atoms with E-state index in [9.17, 15) is 4.79 Å². The number of carbonyl (C=O) groups is 1. The van der Waals surface area contributed by atoms with E-state index in [0.29, 0.717) is 0 Å². The van der Waals surface area contributed by atoms with Crippen LogP contribution in [0.4, 0.5) is 0 Å². The Kier molecular flexibility index (Phi) is 15.1. The summed E-state index contributed by atoms with van der Waals surface area (Å²) in [7, 11) is 4.35. The first-order valence-electron chi connectivity index (χ1n) is 15.1. The van der Waals surface area contributed by atoms with Crippen molar-refractivity contribution < 1.29 is 18.8 Å². The van der Waals surface area contributed by atoms with Crippen molar-refractivity contribution in [1.29, 1.82) is 0 Å². The zero-order chi connectivity index (χ0) is 27.6. The number of benzene rings is 2. The van der Waals surface area contributed by atoms with Gasteiger partial charge in [0, 0.05) is 5.56 Å². The van der Waals surface area contributed by atoms with Gasteiger partial charge in [0.25, 0.3) is 0 Å². The molecule has 2 aromatic rings. The summed E-state index contributed by atoms with van der Waals surface area (Å²) in [5.74, 6) is 0.580. The lowest BCUT2D eigenvalue weighted by atomic mass is 10.0. The largest absolute Gasteiger partial charge is 0.487 e. The maximum absolute atomic E-state index is 12.8. The number of rotatable bonds is 20. The van der Waals surface area contributed by atoms with Crippen LogP contribution in [0.1, 0.15) is 96.1 Å². The number of hydrogen-bond acceptors (Lipinski definition) is 3. The third-order valence-electron chi connectivity index (χ3n) is 7.28. The van der Waals surface area contributed by atoms with Crippen LogP contribution in [0.15, 0.2) is 54.6 Å². The van der Waals surface area contributed by atoms with E-state index in [1.165, 1.54) is 68.9 Å². The van der Waals surface area contributed by atoms with Crippen LogP contribution in [0.3, 0.4) is 0 Å². The van der Waals surface area contributed by atoms with E-state index in [1.807, 2.05) is 25.1 Å². The smallest absolute Gasteiger partial charge is 0.314 e. The molecule has 0 fully saturated rings. The molecule has 0 aliphatic carbocycles. The predicted molar refractivity (Wildman–Crippen MR) is 159 cm³/mol. The number of hydrogen-bond donors (Lipinski definition) is 0. The molecule has 0 N–H and O–H groups in total. The van der Waals surface area contributed by atoms with Crippen molar-refractivity contribution >= 4 is 5.97 Å². The molecule has 2 aromatic carbocycles. The van der Waals surface area contributed by atoms with Crippen molar-refractivity contribution in [3.05, 3.63) is 65.7 Å². The molecule has 0 heterocycles. The van der Waals surface area contributed by atoms with Crippen LogP contribution in [0.5, 0.6) is 5.75 Å². The Morgan fingerprint density at radius 3 is 2.00 bits per heavy atom. The molecule has 0 saturated carbocycles. The summed E-state index contributed by atoms with van der Waals surface area (Å²) in [5.41, 5.74) is 2.64. The number of esters is 1. The van der Waals surface area contributed by atoms with E-state index in [-0.39, 0.29) is 24.6 Å². The first-order chi connectivity index (χ1) is 18.3. The van der Waals surface area contributed by atoms with Crippen LogP contribution < -0.4 is 4.74 Å². The second-order valence-corrected chi connectivity index (χ2v) is 11.6. The van der Waals surface area contributed by atoms with Crippen molar-refractivity contribution in [2.45, 2.75) is 104 Å². The summed E-state index contributed by atoms with van der Waals surface area (Å²) in [6.45, 7) is 8.19. The van der Waals surface area contributed by atoms with Crippen LogP contribution in [0.2, 0.25) is 0 Å². The second kappa shape index (κ2) is 18.0. The van der Waals surface area contributed by atoms with Crippen molar-refractivity contribution in [2.75, 3.05) is 27.2 Å². The van der Waals surface area contributed by atoms with Gasteiger partial charge in [0.15, 0.2) is 0 Å². The molecule has 2 rings (SSSR count). The lowest BCUT2D eigenvalue weighted by Gasteiger charge is -2.32. The average Bonchev–Trinajstić information content (AvgIpc) is 2.90. The highest BCUT2D eigenvalue weighted by atomic mass is 16.6. The Balaban J connectivity index is 1.66. The zero-order valence-electron chi connectivity index (χ0n) is 24.9. The van der Waals surface area contributed by atoms with Gasteiger partial charge >= 0.3 is 5.97 Å². The molecule has 0 aliphatic heterocycles. The zero-order valence-corrected chi connectivity index (χ0v) is 24.9. The highest BCUT2D eigenvalue weighted by Gasteiger charge is 2.28. The highest BCUT2D eigenvalue weighted by Crippen LogP contribution is 2.19. The lowest BCUT2D eigenvalue weighted by Crippen LogP contribution is -2.45. The normalized spacial score (nSPS) is 13.2. The van der Waals surface area contributed by atoms with Crippen LogP contribution in [-0.2, 0) is 22.5 Å². The number of nitrogens with zero attached hydrogens (tertiary/aromatic N) is 1. The van der Waals surface area contributed by atoms with Crippen LogP contribution >= 0.6 is 0 Å². The van der Waals surface area contributed by atoms with Crippen molar-refractivity contribution in [3.8, 4) is 5.75 Å². The molecule has 0 spiro atoms. The van der Waals surface area contributed by atoms with Crippen LogP contribution in [0, 0.1) is 5.92 Å². The summed E-state index contributed by atoms with van der Waals surface area (Å²) in [5, 5.41) is 0. The minimum absolute atomic E-state index is 0.124. The first-order valence-corrected chi connectivity index (χ1v) is 15.1. The van der Waals surface area contributed by atoms with Gasteiger partial charge in [-0.2, -0.15) is 0 Å². The molecule has 0 aromatic heterocycles. The SMILES string of the molecule is CCCCCCCCCCCc1ccc(OC(C)COC(=O)C(CC)C[N+](C)(C)Cc2ccccc2)cc1. The van der Waals surface area contributed by atoms with E-state index in [1.54, 1.807) is 0 Å². The monoisotopic (exact) mass is 524 g/mol. The molecule has 0 radical (unpaired) electrons. The summed E-state index contributed by atoms with van der Waals surface area (Å²) >= 11 is 0. The summed E-state index contributed by atoms with van der Waals surface area (Å²) < 4.78 is 12.5. The van der Waals surface area contributed by atoms with E-state index in [0.717, 1.165) is 36.2 Å². The molecule has 38 heavy (non-hydrogen) atoms. The molecule has 0 bridgehead atoms. The molecule has 0 amide bonds. The van der Waals surface area contributed by atoms with Gasteiger partial charge in [0.1, 0.15) is 30.9 Å². The fraction of sp³-hybridized carbons (Fsp3) is 0.618. The van der Waals surface area contributed by atoms with E-state index < -0.39 is 0 Å². The summed E-state index contributed by atoms with van der Waals surface area (Å²) in [6.07, 6.45) is 13.9. The molecular formula is C34H54NO3+. The Morgan fingerprint density at radius 2 is 1.39 bits per heavy atom. The van der Waals surface area contributed by atoms with Gasteiger partial charge in [0.2, 0.25) is 0 Å². The van der Waals surface area contributed by atoms with Gasteiger partial charge in [0.05, 0.1) is 20.6 Å². The number of carbonyl (C=O) groups excluding carboxylic acids is 1. The third-order valence-corrected chi connectivity index (χ3v) is 7.28. The number of unbranched alkanes of at least 4 members (excludes halogenated alkanes) is 8. The Morgan fingerprint density at radius 1 is 0.789 bits per heavy atom. The maximum atomic E-state index is 12.8. The molecule has 212 valence electrons. The molecule has 0 saturated heterocycles. The minimum Gasteiger partial charge on any atom is -0.487 e. The van der Waals surface area contributed by atoms with Crippen molar-refractivity contribution in [3.63, 3.8) is 0 Å². The topological polar surface area (TPSA) is 35.5 Å². The predicted octanol–water partition coefficient (Wildman–Crippen LogP) is 8.37. The van der Waals surface area contributed by atoms with Crippen LogP contribution in [-0.4, -0.2) is 43.8 Å². The van der Waals surface area contributed by atoms with Gasteiger partial charge in [-0.25, -0.2) is 0 Å². The van der Waals surface area contributed by atoms with Gasteiger partial charge < -0.3 is 14.0 Å². The van der Waals surface area contributed by atoms with Crippen molar-refractivity contribution in [2.24, 2.45) is 5.92 Å². The lowest BCUT2D eigenvalue weighted by molar-refractivity contribution is -0.906. The Hall–Kier alpha value is -2.33. The second-order valence-electron chi connectivity index (χ2n) is 11.6. The standard InChI is InChI=1S/C34H54NO3/c1-6-8-9-10-11-12-13-14-16-19-30-22-24-33(25-23-30)38-29(3)28-37-34(36)32(7-2)27-35(4,5)26-31-20-17-15-18-21-31/h15,17-18,20-25,29,32H,6-14,16,19,26-28H2,1-5H3/q+1. The van der Waals surface area contributed by atoms with Gasteiger partial charge in [-0.05, 0) is 43.9 Å². The molecule has 4 heteroatoms. The fourth-order valence-electron chi connectivity index (χ4n) is 5.07. The van der Waals surface area contributed by atoms with E-state index in [2.05, 4.69) is 64.3 Å². The molecule has 2 atom stereocenters. The minimum atomic E-state index is -0.188. The number of quaternary nitrogens is 1. The van der Waals surface area contributed by atoms with Crippen LogP contribution in [0.25, 0.3) is 0 Å². The third kappa shape index (κ3) is 13.5. The van der Waals surface area contributed by atoms with Gasteiger partial charge in [-0.1, -0.05) is 108 Å². The number of aryl methyl sites for hydroxylation is 1. The molecular weight excluding hydrogens is 470 g/mol. The van der Waals surface area contributed by atoms with Gasteiger partial charge in [-0.15, -0.1) is 0 Å². The molecule has 0 aliphatic rings. The maximum Gasteiger partial charge on any atom is 0.314 e. The molecule has 4 nitrogen and oxygen atoms in total. The van der Waals surface area contributed by atoms with Gasteiger partial charge in [-0.3, -0.25) is 4.79 Å².